The molecule has 2 unspecified atom stereocenters. The Morgan fingerprint density at radius 3 is 3.11 bits per heavy atom. The van der Waals surface area contributed by atoms with Crippen LogP contribution in [0.3, 0.4) is 0 Å². The molecule has 0 amide bonds. The summed E-state index contributed by atoms with van der Waals surface area (Å²) in [6, 6.07) is 6.18. The van der Waals surface area contributed by atoms with Crippen LogP contribution in [-0.2, 0) is 4.74 Å². The molecule has 2 fully saturated rings. The van der Waals surface area contributed by atoms with Crippen molar-refractivity contribution in [2.75, 3.05) is 23.8 Å². The van der Waals surface area contributed by atoms with Gasteiger partial charge in [-0.3, -0.25) is 0 Å². The largest absolute Gasteiger partial charge is 0.398 e. The molecule has 1 spiro atoms. The van der Waals surface area contributed by atoms with Gasteiger partial charge in [-0.2, -0.15) is 11.8 Å². The van der Waals surface area contributed by atoms with E-state index in [9.17, 15) is 0 Å². The standard InChI is InChI=1S/C14H18BrNOS2/c15-10-1-2-13(12(16)7-10)19-11-3-5-17-14(8-11)4-6-18-9-14/h1-2,7,11H,3-6,8-9,16H2. The molecule has 0 radical (unpaired) electrons. The number of nitrogens with two attached hydrogens (primary N) is 1. The molecule has 104 valence electrons. The van der Waals surface area contributed by atoms with Crippen LogP contribution >= 0.6 is 39.5 Å². The van der Waals surface area contributed by atoms with Crippen molar-refractivity contribution in [1.29, 1.82) is 0 Å². The lowest BCUT2D eigenvalue weighted by Crippen LogP contribution is -2.40. The maximum absolute atomic E-state index is 6.10. The van der Waals surface area contributed by atoms with Gasteiger partial charge in [0.1, 0.15) is 0 Å². The van der Waals surface area contributed by atoms with Gasteiger partial charge in [0.25, 0.3) is 0 Å². The van der Waals surface area contributed by atoms with Crippen LogP contribution in [0, 0.1) is 0 Å². The van der Waals surface area contributed by atoms with E-state index in [-0.39, 0.29) is 5.60 Å². The summed E-state index contributed by atoms with van der Waals surface area (Å²) in [6.07, 6.45) is 3.51. The highest BCUT2D eigenvalue weighted by molar-refractivity contribution is 9.10. The van der Waals surface area contributed by atoms with Crippen molar-refractivity contribution in [1.82, 2.24) is 0 Å². The number of hydrogen-bond acceptors (Lipinski definition) is 4. The SMILES string of the molecule is Nc1cc(Br)ccc1SC1CCOC2(CCSC2)C1. The summed E-state index contributed by atoms with van der Waals surface area (Å²) >= 11 is 7.41. The third kappa shape index (κ3) is 3.26. The van der Waals surface area contributed by atoms with Gasteiger partial charge in [-0.25, -0.2) is 0 Å². The monoisotopic (exact) mass is 359 g/mol. The molecule has 0 aromatic heterocycles. The number of thioether (sulfide) groups is 2. The van der Waals surface area contributed by atoms with Crippen LogP contribution in [0.25, 0.3) is 0 Å². The van der Waals surface area contributed by atoms with Gasteiger partial charge >= 0.3 is 0 Å². The highest BCUT2D eigenvalue weighted by atomic mass is 79.9. The van der Waals surface area contributed by atoms with E-state index in [2.05, 4.69) is 28.1 Å². The zero-order valence-electron chi connectivity index (χ0n) is 10.7. The average Bonchev–Trinajstić information content (AvgIpc) is 2.81. The van der Waals surface area contributed by atoms with Gasteiger partial charge in [0.05, 0.1) is 5.60 Å². The third-order valence-corrected chi connectivity index (χ3v) is 6.86. The summed E-state index contributed by atoms with van der Waals surface area (Å²) in [6.45, 7) is 0.897. The lowest BCUT2D eigenvalue weighted by molar-refractivity contribution is -0.0562. The Hall–Kier alpha value is 0.160. The Morgan fingerprint density at radius 2 is 2.37 bits per heavy atom. The van der Waals surface area contributed by atoms with Crippen LogP contribution in [0.4, 0.5) is 5.69 Å². The minimum Gasteiger partial charge on any atom is -0.398 e. The van der Waals surface area contributed by atoms with E-state index in [0.29, 0.717) is 5.25 Å². The maximum Gasteiger partial charge on any atom is 0.0791 e. The molecule has 0 saturated carbocycles. The molecule has 2 aliphatic heterocycles. The van der Waals surface area contributed by atoms with E-state index in [4.69, 9.17) is 10.5 Å². The van der Waals surface area contributed by atoms with E-state index in [0.717, 1.165) is 23.2 Å². The number of rotatable bonds is 2. The van der Waals surface area contributed by atoms with Gasteiger partial charge in [-0.05, 0) is 43.2 Å². The van der Waals surface area contributed by atoms with Crippen LogP contribution in [-0.4, -0.2) is 29.0 Å². The first-order valence-corrected chi connectivity index (χ1v) is 9.43. The lowest BCUT2D eigenvalue weighted by Gasteiger charge is -2.37. The smallest absolute Gasteiger partial charge is 0.0791 e. The maximum atomic E-state index is 6.10. The zero-order chi connectivity index (χ0) is 13.3. The number of halogens is 1. The highest BCUT2D eigenvalue weighted by Crippen LogP contribution is 2.44. The molecular weight excluding hydrogens is 342 g/mol. The minimum absolute atomic E-state index is 0.157. The van der Waals surface area contributed by atoms with Crippen molar-refractivity contribution in [3.63, 3.8) is 0 Å². The van der Waals surface area contributed by atoms with Gasteiger partial charge in [-0.1, -0.05) is 15.9 Å². The first-order chi connectivity index (χ1) is 9.17. The summed E-state index contributed by atoms with van der Waals surface area (Å²) in [5, 5.41) is 0.635. The van der Waals surface area contributed by atoms with E-state index in [1.54, 1.807) is 0 Å². The number of benzene rings is 1. The molecule has 2 saturated heterocycles. The van der Waals surface area contributed by atoms with Crippen LogP contribution in [0.2, 0.25) is 0 Å². The molecule has 1 aromatic rings. The number of anilines is 1. The average molecular weight is 360 g/mol. The Bertz CT molecular complexity index is 463. The summed E-state index contributed by atoms with van der Waals surface area (Å²) in [5.41, 5.74) is 7.13. The van der Waals surface area contributed by atoms with Crippen LogP contribution in [0.5, 0.6) is 0 Å². The molecule has 5 heteroatoms. The Balaban J connectivity index is 1.69. The second-order valence-electron chi connectivity index (χ2n) is 5.25. The fraction of sp³-hybridized carbons (Fsp3) is 0.571. The molecular formula is C14H18BrNOS2. The normalized spacial score (nSPS) is 30.9. The van der Waals surface area contributed by atoms with E-state index >= 15 is 0 Å². The van der Waals surface area contributed by atoms with Crippen molar-refractivity contribution in [3.8, 4) is 0 Å². The summed E-state index contributed by atoms with van der Waals surface area (Å²) < 4.78 is 7.12. The number of nitrogen functional groups attached to an aromatic ring is 1. The van der Waals surface area contributed by atoms with Crippen molar-refractivity contribution >= 4 is 45.1 Å². The van der Waals surface area contributed by atoms with Crippen LogP contribution < -0.4 is 5.73 Å². The molecule has 2 nitrogen and oxygen atoms in total. The van der Waals surface area contributed by atoms with Crippen molar-refractivity contribution in [2.45, 2.75) is 35.0 Å². The zero-order valence-corrected chi connectivity index (χ0v) is 14.0. The van der Waals surface area contributed by atoms with E-state index in [1.165, 1.54) is 29.2 Å². The second-order valence-corrected chi connectivity index (χ2v) is 8.61. The minimum atomic E-state index is 0.157. The molecule has 2 atom stereocenters. The van der Waals surface area contributed by atoms with Gasteiger partial charge in [0, 0.05) is 32.7 Å². The first kappa shape index (κ1) is 14.1. The fourth-order valence-corrected chi connectivity index (χ4v) is 5.81. The predicted octanol–water partition coefficient (Wildman–Crippen LogP) is 4.18. The number of ether oxygens (including phenoxy) is 1. The van der Waals surface area contributed by atoms with Gasteiger partial charge in [0.15, 0.2) is 0 Å². The lowest BCUT2D eigenvalue weighted by atomic mass is 9.93. The molecule has 2 N–H and O–H groups in total. The number of hydrogen-bond donors (Lipinski definition) is 1. The van der Waals surface area contributed by atoms with Gasteiger partial charge < -0.3 is 10.5 Å². The third-order valence-electron chi connectivity index (χ3n) is 3.78. The van der Waals surface area contributed by atoms with E-state index < -0.39 is 0 Å². The van der Waals surface area contributed by atoms with Crippen LogP contribution in [0.15, 0.2) is 27.6 Å². The van der Waals surface area contributed by atoms with Gasteiger partial charge in [-0.15, -0.1) is 11.8 Å². The summed E-state index contributed by atoms with van der Waals surface area (Å²) in [4.78, 5) is 1.20. The molecule has 2 aliphatic rings. The van der Waals surface area contributed by atoms with Gasteiger partial charge in [0.2, 0.25) is 0 Å². The quantitative estimate of drug-likeness (QED) is 0.803. The summed E-state index contributed by atoms with van der Waals surface area (Å²) in [5.74, 6) is 2.41. The topological polar surface area (TPSA) is 35.2 Å². The highest BCUT2D eigenvalue weighted by Gasteiger charge is 2.40. The Morgan fingerprint density at radius 1 is 1.47 bits per heavy atom. The molecule has 3 rings (SSSR count). The van der Waals surface area contributed by atoms with Crippen molar-refractivity contribution in [2.24, 2.45) is 0 Å². The van der Waals surface area contributed by atoms with Crippen molar-refractivity contribution < 1.29 is 4.74 Å². The van der Waals surface area contributed by atoms with E-state index in [1.807, 2.05) is 29.6 Å². The predicted molar refractivity (Wildman–Crippen MR) is 88.1 cm³/mol. The molecule has 0 aliphatic carbocycles. The van der Waals surface area contributed by atoms with Crippen LogP contribution in [0.1, 0.15) is 19.3 Å². The molecule has 1 aromatic carbocycles. The van der Waals surface area contributed by atoms with Crippen molar-refractivity contribution in [3.05, 3.63) is 22.7 Å². The second kappa shape index (κ2) is 5.88. The first-order valence-electron chi connectivity index (χ1n) is 6.60. The Kier molecular flexibility index (Phi) is 4.37. The molecule has 19 heavy (non-hydrogen) atoms. The summed E-state index contributed by atoms with van der Waals surface area (Å²) in [7, 11) is 0. The Labute approximate surface area is 131 Å². The fourth-order valence-electron chi connectivity index (χ4n) is 2.75. The molecule has 2 heterocycles. The molecule has 0 bridgehead atoms.